The van der Waals surface area contributed by atoms with Crippen LogP contribution in [0.2, 0.25) is 5.02 Å². The van der Waals surface area contributed by atoms with Crippen LogP contribution >= 0.6 is 11.6 Å². The Hall–Kier alpha value is -3.97. The summed E-state index contributed by atoms with van der Waals surface area (Å²) in [5.74, 6) is -0.343. The monoisotopic (exact) mass is 432 g/mol. The number of aromatic nitrogens is 2. The fourth-order valence-electron chi connectivity index (χ4n) is 3.07. The first-order valence-electron chi connectivity index (χ1n) is 9.39. The van der Waals surface area contributed by atoms with Gasteiger partial charge in [-0.2, -0.15) is 5.10 Å². The number of carbonyl (C=O) groups excluding carboxylic acids is 1. The van der Waals surface area contributed by atoms with Gasteiger partial charge in [0.1, 0.15) is 5.69 Å². The highest BCUT2D eigenvalue weighted by molar-refractivity contribution is 6.30. The minimum atomic E-state index is -0.463. The summed E-state index contributed by atoms with van der Waals surface area (Å²) in [4.78, 5) is 23.5. The van der Waals surface area contributed by atoms with Crippen molar-refractivity contribution >= 4 is 28.9 Å². The van der Waals surface area contributed by atoms with E-state index in [0.29, 0.717) is 33.3 Å². The Bertz CT molecular complexity index is 1260. The molecule has 0 bridgehead atoms. The van der Waals surface area contributed by atoms with Crippen LogP contribution in [0.3, 0.4) is 0 Å². The lowest BCUT2D eigenvalue weighted by molar-refractivity contribution is -0.384. The fourth-order valence-corrected chi connectivity index (χ4v) is 3.26. The van der Waals surface area contributed by atoms with Gasteiger partial charge in [-0.3, -0.25) is 14.9 Å². The second kappa shape index (κ2) is 8.41. The maximum absolute atomic E-state index is 13.1. The van der Waals surface area contributed by atoms with Crippen molar-refractivity contribution in [1.29, 1.82) is 0 Å². The third-order valence-corrected chi connectivity index (χ3v) is 4.91. The van der Waals surface area contributed by atoms with E-state index in [4.69, 9.17) is 11.6 Å². The van der Waals surface area contributed by atoms with Gasteiger partial charge in [0.05, 0.1) is 16.3 Å². The number of nitrogens with one attached hydrogen (secondary N) is 1. The summed E-state index contributed by atoms with van der Waals surface area (Å²) < 4.78 is 1.51. The summed E-state index contributed by atoms with van der Waals surface area (Å²) in [7, 11) is 0. The van der Waals surface area contributed by atoms with Crippen LogP contribution in [-0.4, -0.2) is 20.6 Å². The Morgan fingerprint density at radius 2 is 1.74 bits per heavy atom. The lowest BCUT2D eigenvalue weighted by Crippen LogP contribution is -2.16. The average molecular weight is 433 g/mol. The summed E-state index contributed by atoms with van der Waals surface area (Å²) in [6, 6.07) is 22.1. The molecular formula is C23H17ClN4O3. The molecule has 1 heterocycles. The summed E-state index contributed by atoms with van der Waals surface area (Å²) >= 11 is 6.14. The lowest BCUT2D eigenvalue weighted by Gasteiger charge is -2.09. The predicted octanol–water partition coefficient (Wildman–Crippen LogP) is 5.66. The first-order valence-corrected chi connectivity index (χ1v) is 9.77. The maximum atomic E-state index is 13.1. The van der Waals surface area contributed by atoms with Crippen molar-refractivity contribution in [3.8, 4) is 16.9 Å². The highest BCUT2D eigenvalue weighted by Gasteiger charge is 2.19. The smallest absolute Gasteiger partial charge is 0.274 e. The van der Waals surface area contributed by atoms with E-state index in [1.807, 2.05) is 31.2 Å². The number of benzene rings is 3. The van der Waals surface area contributed by atoms with Gasteiger partial charge >= 0.3 is 0 Å². The Morgan fingerprint density at radius 3 is 2.39 bits per heavy atom. The number of hydrogen-bond acceptors (Lipinski definition) is 4. The first kappa shape index (κ1) is 20.3. The van der Waals surface area contributed by atoms with E-state index in [9.17, 15) is 14.9 Å². The van der Waals surface area contributed by atoms with Crippen LogP contribution in [0.4, 0.5) is 11.4 Å². The molecule has 0 saturated heterocycles. The molecule has 0 spiro atoms. The number of halogens is 1. The molecule has 0 fully saturated rings. The van der Waals surface area contributed by atoms with Gasteiger partial charge in [-0.15, -0.1) is 0 Å². The van der Waals surface area contributed by atoms with Crippen LogP contribution in [0.25, 0.3) is 16.9 Å². The van der Waals surface area contributed by atoms with Crippen LogP contribution in [-0.2, 0) is 0 Å². The molecule has 4 aromatic rings. The van der Waals surface area contributed by atoms with Crippen LogP contribution in [0.15, 0.2) is 78.9 Å². The molecule has 0 aliphatic heterocycles. The number of nitro groups is 1. The number of hydrogen-bond donors (Lipinski definition) is 1. The second-order valence-electron chi connectivity index (χ2n) is 6.93. The van der Waals surface area contributed by atoms with Gasteiger partial charge in [0.25, 0.3) is 11.6 Å². The topological polar surface area (TPSA) is 90.1 Å². The third-order valence-electron chi connectivity index (χ3n) is 4.68. The average Bonchev–Trinajstić information content (AvgIpc) is 3.21. The van der Waals surface area contributed by atoms with Crippen molar-refractivity contribution in [2.24, 2.45) is 0 Å². The minimum absolute atomic E-state index is 0.0182. The van der Waals surface area contributed by atoms with Gasteiger partial charge in [-0.05, 0) is 55.5 Å². The largest absolute Gasteiger partial charge is 0.321 e. The molecule has 1 N–H and O–H groups in total. The molecule has 0 unspecified atom stereocenters. The molecule has 0 saturated carbocycles. The van der Waals surface area contributed by atoms with Gasteiger partial charge in [-0.1, -0.05) is 35.4 Å². The van der Waals surface area contributed by atoms with Crippen molar-refractivity contribution in [3.05, 3.63) is 105 Å². The molecule has 7 nitrogen and oxygen atoms in total. The van der Waals surface area contributed by atoms with Crippen LogP contribution in [0.5, 0.6) is 0 Å². The SMILES string of the molecule is Cc1ccc(NC(=O)c2cc(-c3ccc([N+](=O)[O-])cc3)nn2-c2cccc(Cl)c2)cc1. The van der Waals surface area contributed by atoms with E-state index < -0.39 is 4.92 Å². The van der Waals surface area contributed by atoms with E-state index in [1.54, 1.807) is 42.5 Å². The van der Waals surface area contributed by atoms with Gasteiger partial charge in [-0.25, -0.2) is 4.68 Å². The Kier molecular flexibility index (Phi) is 5.51. The first-order chi connectivity index (χ1) is 14.9. The summed E-state index contributed by atoms with van der Waals surface area (Å²) in [5, 5.41) is 18.9. The standard InChI is InChI=1S/C23H17ClN4O3/c1-15-5-9-18(10-6-15)25-23(29)22-14-21(16-7-11-19(12-8-16)28(30)31)26-27(22)20-4-2-3-17(24)13-20/h2-14H,1H3,(H,25,29). The summed E-state index contributed by atoms with van der Waals surface area (Å²) in [6.07, 6.45) is 0. The molecule has 0 aliphatic rings. The number of non-ortho nitro benzene ring substituents is 1. The zero-order valence-corrected chi connectivity index (χ0v) is 17.2. The van der Waals surface area contributed by atoms with E-state index in [-0.39, 0.29) is 11.6 Å². The van der Waals surface area contributed by atoms with Crippen molar-refractivity contribution in [2.45, 2.75) is 6.92 Å². The van der Waals surface area contributed by atoms with Crippen molar-refractivity contribution < 1.29 is 9.72 Å². The predicted molar refractivity (Wildman–Crippen MR) is 120 cm³/mol. The number of amides is 1. The summed E-state index contributed by atoms with van der Waals surface area (Å²) in [6.45, 7) is 1.97. The maximum Gasteiger partial charge on any atom is 0.274 e. The quantitative estimate of drug-likeness (QED) is 0.325. The number of carbonyl (C=O) groups is 1. The molecule has 3 aromatic carbocycles. The Balaban J connectivity index is 1.75. The molecule has 1 amide bonds. The van der Waals surface area contributed by atoms with Crippen molar-refractivity contribution in [2.75, 3.05) is 5.32 Å². The van der Waals surface area contributed by atoms with Crippen LogP contribution in [0.1, 0.15) is 16.1 Å². The van der Waals surface area contributed by atoms with Gasteiger partial charge in [0.15, 0.2) is 0 Å². The highest BCUT2D eigenvalue weighted by atomic mass is 35.5. The zero-order valence-electron chi connectivity index (χ0n) is 16.4. The molecule has 0 radical (unpaired) electrons. The Morgan fingerprint density at radius 1 is 1.03 bits per heavy atom. The third kappa shape index (κ3) is 4.46. The second-order valence-corrected chi connectivity index (χ2v) is 7.37. The van der Waals surface area contributed by atoms with E-state index >= 15 is 0 Å². The number of nitro benzene ring substituents is 1. The number of rotatable bonds is 5. The van der Waals surface area contributed by atoms with Gasteiger partial charge in [0, 0.05) is 28.4 Å². The molecule has 31 heavy (non-hydrogen) atoms. The molecule has 8 heteroatoms. The molecular weight excluding hydrogens is 416 g/mol. The number of nitrogens with zero attached hydrogens (tertiary/aromatic N) is 3. The van der Waals surface area contributed by atoms with E-state index in [1.165, 1.54) is 16.8 Å². The molecule has 4 rings (SSSR count). The van der Waals surface area contributed by atoms with Gasteiger partial charge < -0.3 is 5.32 Å². The molecule has 0 atom stereocenters. The fraction of sp³-hybridized carbons (Fsp3) is 0.0435. The van der Waals surface area contributed by atoms with E-state index in [0.717, 1.165) is 5.56 Å². The normalized spacial score (nSPS) is 10.6. The zero-order chi connectivity index (χ0) is 22.0. The van der Waals surface area contributed by atoms with Crippen molar-refractivity contribution in [1.82, 2.24) is 9.78 Å². The Labute approximate surface area is 183 Å². The summed E-state index contributed by atoms with van der Waals surface area (Å²) in [5.41, 5.74) is 3.80. The van der Waals surface area contributed by atoms with E-state index in [2.05, 4.69) is 10.4 Å². The van der Waals surface area contributed by atoms with Crippen LogP contribution in [0, 0.1) is 17.0 Å². The minimum Gasteiger partial charge on any atom is -0.321 e. The molecule has 1 aromatic heterocycles. The van der Waals surface area contributed by atoms with Gasteiger partial charge in [0.2, 0.25) is 0 Å². The molecule has 0 aliphatic carbocycles. The number of aryl methyl sites for hydroxylation is 1. The van der Waals surface area contributed by atoms with Crippen LogP contribution < -0.4 is 5.32 Å². The highest BCUT2D eigenvalue weighted by Crippen LogP contribution is 2.25. The molecule has 154 valence electrons. The van der Waals surface area contributed by atoms with Crippen molar-refractivity contribution in [3.63, 3.8) is 0 Å². The number of anilines is 1. The lowest BCUT2D eigenvalue weighted by atomic mass is 10.1.